The molecule has 0 bridgehead atoms. The van der Waals surface area contributed by atoms with Gasteiger partial charge in [-0.2, -0.15) is 0 Å². The highest BCUT2D eigenvalue weighted by Crippen LogP contribution is 1.80. The van der Waals surface area contributed by atoms with E-state index >= 15 is 0 Å². The summed E-state index contributed by atoms with van der Waals surface area (Å²) in [7, 11) is 6.13. The summed E-state index contributed by atoms with van der Waals surface area (Å²) in [6.45, 7) is 7.52. The maximum Gasteiger partial charge on any atom is 0.0163 e. The summed E-state index contributed by atoms with van der Waals surface area (Å²) in [5, 5.41) is 3.15. The van der Waals surface area contributed by atoms with Gasteiger partial charge in [0.25, 0.3) is 0 Å². The molecule has 0 aromatic carbocycles. The van der Waals surface area contributed by atoms with Gasteiger partial charge in [-0.1, -0.05) is 20.3 Å². The largest absolute Gasteiger partial charge is 0.316 e. The molecule has 0 aliphatic carbocycles. The van der Waals surface area contributed by atoms with Crippen LogP contribution in [0.25, 0.3) is 0 Å². The van der Waals surface area contributed by atoms with Crippen molar-refractivity contribution < 1.29 is 0 Å². The van der Waals surface area contributed by atoms with Crippen LogP contribution in [0.4, 0.5) is 0 Å². The predicted octanol–water partition coefficient (Wildman–Crippen LogP) is 1.57. The van der Waals surface area contributed by atoms with Crippen molar-refractivity contribution in [3.63, 3.8) is 0 Å². The number of nitrogens with one attached hydrogen (secondary N) is 1. The second-order valence-electron chi connectivity index (χ2n) is 3.16. The van der Waals surface area contributed by atoms with Crippen LogP contribution in [-0.2, 0) is 0 Å². The zero-order valence-electron chi connectivity index (χ0n) is 8.94. The van der Waals surface area contributed by atoms with Gasteiger partial charge in [0.1, 0.15) is 0 Å². The number of hydrogen-bond acceptors (Lipinski definition) is 2. The van der Waals surface area contributed by atoms with Crippen molar-refractivity contribution in [1.82, 2.24) is 10.2 Å². The molecule has 1 N–H and O–H groups in total. The van der Waals surface area contributed by atoms with E-state index in [-0.39, 0.29) is 0 Å². The van der Waals surface area contributed by atoms with Gasteiger partial charge in [-0.15, -0.1) is 0 Å². The van der Waals surface area contributed by atoms with Crippen molar-refractivity contribution in [1.29, 1.82) is 0 Å². The molecular formula is C9H24N2. The molecule has 1 atom stereocenters. The first-order chi connectivity index (χ1) is 5.08. The second-order valence-corrected chi connectivity index (χ2v) is 3.16. The van der Waals surface area contributed by atoms with Gasteiger partial charge in [-0.25, -0.2) is 0 Å². The Bertz CT molecular complexity index is 62.6. The van der Waals surface area contributed by atoms with Crippen molar-refractivity contribution in [3.8, 4) is 0 Å². The second kappa shape index (κ2) is 9.92. The van der Waals surface area contributed by atoms with Gasteiger partial charge in [-0.05, 0) is 28.1 Å². The molecular weight excluding hydrogens is 136 g/mol. The summed E-state index contributed by atoms with van der Waals surface area (Å²) in [6.07, 6.45) is 1.25. The fraction of sp³-hybridized carbons (Fsp3) is 1.00. The maximum atomic E-state index is 3.15. The normalized spacial score (nSPS) is 12.3. The van der Waals surface area contributed by atoms with Crippen LogP contribution in [0.1, 0.15) is 27.2 Å². The first kappa shape index (κ1) is 13.5. The van der Waals surface area contributed by atoms with Crippen LogP contribution in [0.15, 0.2) is 0 Å². The Morgan fingerprint density at radius 1 is 1.27 bits per heavy atom. The van der Waals surface area contributed by atoms with Gasteiger partial charge >= 0.3 is 0 Å². The Morgan fingerprint density at radius 3 is 1.73 bits per heavy atom. The van der Waals surface area contributed by atoms with Crippen LogP contribution in [0, 0.1) is 0 Å². The predicted molar refractivity (Wildman–Crippen MR) is 53.0 cm³/mol. The van der Waals surface area contributed by atoms with Crippen LogP contribution in [0.3, 0.4) is 0 Å². The summed E-state index contributed by atoms with van der Waals surface area (Å²) in [6, 6.07) is 0.602. The summed E-state index contributed by atoms with van der Waals surface area (Å²) < 4.78 is 0. The molecule has 2 heteroatoms. The van der Waals surface area contributed by atoms with Crippen LogP contribution >= 0.6 is 0 Å². The average Bonchev–Trinajstić information content (AvgIpc) is 1.88. The standard InChI is InChI=1S/C6H16N2.C3H8/c1-6(7-2)5-8(3)4;1-3-2/h6-7H,5H2,1-4H3;3H2,1-2H3. The van der Waals surface area contributed by atoms with Gasteiger partial charge in [0, 0.05) is 12.6 Å². The highest BCUT2D eigenvalue weighted by atomic mass is 15.1. The zero-order valence-corrected chi connectivity index (χ0v) is 8.94. The quantitative estimate of drug-likeness (QED) is 0.674. The lowest BCUT2D eigenvalue weighted by atomic mass is 10.3. The van der Waals surface area contributed by atoms with Gasteiger partial charge in [0.15, 0.2) is 0 Å². The molecule has 0 radical (unpaired) electrons. The number of likely N-dealkylation sites (N-methyl/N-ethyl adjacent to an activating group) is 2. The minimum atomic E-state index is 0.602. The average molecular weight is 160 g/mol. The van der Waals surface area contributed by atoms with Crippen molar-refractivity contribution >= 4 is 0 Å². The van der Waals surface area contributed by atoms with E-state index in [9.17, 15) is 0 Å². The van der Waals surface area contributed by atoms with E-state index in [0.717, 1.165) is 6.54 Å². The van der Waals surface area contributed by atoms with E-state index in [4.69, 9.17) is 0 Å². The summed E-state index contributed by atoms with van der Waals surface area (Å²) in [5.41, 5.74) is 0. The van der Waals surface area contributed by atoms with Crippen LogP contribution in [0.2, 0.25) is 0 Å². The highest BCUT2D eigenvalue weighted by Gasteiger charge is 1.96. The Morgan fingerprint density at radius 2 is 1.64 bits per heavy atom. The fourth-order valence-corrected chi connectivity index (χ4v) is 0.639. The number of nitrogens with zero attached hydrogens (tertiary/aromatic N) is 1. The molecule has 2 nitrogen and oxygen atoms in total. The monoisotopic (exact) mass is 160 g/mol. The third-order valence-corrected chi connectivity index (χ3v) is 1.13. The molecule has 0 fully saturated rings. The molecule has 0 saturated heterocycles. The van der Waals surface area contributed by atoms with E-state index in [2.05, 4.69) is 45.1 Å². The Balaban J connectivity index is 0. The molecule has 0 heterocycles. The molecule has 0 amide bonds. The molecule has 1 unspecified atom stereocenters. The van der Waals surface area contributed by atoms with Crippen LogP contribution < -0.4 is 5.32 Å². The van der Waals surface area contributed by atoms with Crippen molar-refractivity contribution in [2.24, 2.45) is 0 Å². The molecule has 11 heavy (non-hydrogen) atoms. The highest BCUT2D eigenvalue weighted by molar-refractivity contribution is 4.58. The third-order valence-electron chi connectivity index (χ3n) is 1.13. The van der Waals surface area contributed by atoms with Crippen molar-refractivity contribution in [2.45, 2.75) is 33.2 Å². The molecule has 0 spiro atoms. The smallest absolute Gasteiger partial charge is 0.0163 e. The number of hydrogen-bond donors (Lipinski definition) is 1. The van der Waals surface area contributed by atoms with Gasteiger partial charge in [0.2, 0.25) is 0 Å². The SMILES string of the molecule is CCC.CNC(C)CN(C)C. The molecule has 70 valence electrons. The minimum Gasteiger partial charge on any atom is -0.316 e. The summed E-state index contributed by atoms with van der Waals surface area (Å²) >= 11 is 0. The Hall–Kier alpha value is -0.0800. The van der Waals surface area contributed by atoms with E-state index in [0.29, 0.717) is 6.04 Å². The van der Waals surface area contributed by atoms with Crippen LogP contribution in [-0.4, -0.2) is 38.6 Å². The lowest BCUT2D eigenvalue weighted by Gasteiger charge is -2.15. The summed E-state index contributed by atoms with van der Waals surface area (Å²) in [4.78, 5) is 2.17. The molecule has 0 rings (SSSR count). The first-order valence-corrected chi connectivity index (χ1v) is 4.40. The van der Waals surface area contributed by atoms with Crippen LogP contribution in [0.5, 0.6) is 0 Å². The zero-order chi connectivity index (χ0) is 9.28. The molecule has 0 aromatic rings. The molecule has 0 aliphatic heterocycles. The lowest BCUT2D eigenvalue weighted by molar-refractivity contribution is 0.360. The Labute approximate surface area is 72.0 Å². The van der Waals surface area contributed by atoms with Gasteiger partial charge in [-0.3, -0.25) is 0 Å². The van der Waals surface area contributed by atoms with E-state index in [1.54, 1.807) is 0 Å². The van der Waals surface area contributed by atoms with Crippen molar-refractivity contribution in [2.75, 3.05) is 27.7 Å². The molecule has 0 aromatic heterocycles. The minimum absolute atomic E-state index is 0.602. The first-order valence-electron chi connectivity index (χ1n) is 4.40. The summed E-state index contributed by atoms with van der Waals surface area (Å²) in [5.74, 6) is 0. The van der Waals surface area contributed by atoms with E-state index < -0.39 is 0 Å². The van der Waals surface area contributed by atoms with Crippen molar-refractivity contribution in [3.05, 3.63) is 0 Å². The van der Waals surface area contributed by atoms with Gasteiger partial charge < -0.3 is 10.2 Å². The molecule has 0 aliphatic rings. The third kappa shape index (κ3) is 17.8. The van der Waals surface area contributed by atoms with E-state index in [1.807, 2.05) is 7.05 Å². The lowest BCUT2D eigenvalue weighted by Crippen LogP contribution is -2.33. The molecule has 0 saturated carbocycles. The number of rotatable bonds is 3. The van der Waals surface area contributed by atoms with E-state index in [1.165, 1.54) is 6.42 Å². The maximum absolute atomic E-state index is 3.15. The Kier molecular flexibility index (Phi) is 12.2. The fourth-order valence-electron chi connectivity index (χ4n) is 0.639. The topological polar surface area (TPSA) is 15.3 Å². The van der Waals surface area contributed by atoms with Gasteiger partial charge in [0.05, 0.1) is 0 Å².